The number of hydrogen-bond acceptors (Lipinski definition) is 12. The first-order valence-electron chi connectivity index (χ1n) is 16.9. The molecule has 2 fully saturated rings. The Kier molecular flexibility index (Phi) is 9.45. The van der Waals surface area contributed by atoms with Gasteiger partial charge in [-0.25, -0.2) is 14.5 Å². The van der Waals surface area contributed by atoms with Crippen molar-refractivity contribution in [2.24, 2.45) is 4.99 Å². The van der Waals surface area contributed by atoms with E-state index in [0.29, 0.717) is 41.2 Å². The monoisotopic (exact) mass is 739 g/mol. The number of aliphatic imine (C=N–C) groups is 1. The van der Waals surface area contributed by atoms with Crippen molar-refractivity contribution < 1.29 is 53.1 Å². The van der Waals surface area contributed by atoms with Crippen molar-refractivity contribution in [2.45, 2.75) is 44.4 Å². The fraction of sp³-hybridized carbons (Fsp3) is 0.316. The number of aliphatic hydroxyl groups excluding tert-OH is 1. The van der Waals surface area contributed by atoms with Gasteiger partial charge in [0.25, 0.3) is 11.8 Å². The number of pyridine rings is 1. The number of hydrogen-bond donors (Lipinski definition) is 2. The number of carbonyl (C=O) groups is 4. The van der Waals surface area contributed by atoms with Gasteiger partial charge in [-0.2, -0.15) is 0 Å². The standard InChI is InChI=1S/C38H37N5O11/c1-19-6-24-14-39-27-12-32(30(50-3)10-25(27)34(44)41(24)15-19)53-17-22-8-21(37(47)52-5)9-23(40-22)18-54-33-13-28-26(11-31(33)51-4)35(45)42-16-20(2)7-29(42)36(46)43(28)38(48)49/h8-14,24,29,36,46H,1-2,6-7,15-18H2,3-5H3,(H,48,49)/t24-,29-,36-/m0/s1. The molecule has 54 heavy (non-hydrogen) atoms. The first-order chi connectivity index (χ1) is 25.9. The molecule has 0 bridgehead atoms. The van der Waals surface area contributed by atoms with Gasteiger partial charge in [0.05, 0.1) is 72.9 Å². The summed E-state index contributed by atoms with van der Waals surface area (Å²) in [6, 6.07) is 7.82. The van der Waals surface area contributed by atoms with Crippen LogP contribution in [0.4, 0.5) is 16.2 Å². The normalized spacial score (nSPS) is 20.1. The molecule has 0 unspecified atom stereocenters. The molecule has 0 aliphatic carbocycles. The molecule has 16 nitrogen and oxygen atoms in total. The highest BCUT2D eigenvalue weighted by Crippen LogP contribution is 2.42. The molecule has 0 spiro atoms. The molecule has 1 aromatic heterocycles. The third-order valence-corrected chi connectivity index (χ3v) is 9.69. The summed E-state index contributed by atoms with van der Waals surface area (Å²) >= 11 is 0. The van der Waals surface area contributed by atoms with Crippen molar-refractivity contribution >= 4 is 41.5 Å². The van der Waals surface area contributed by atoms with Crippen LogP contribution in [0.1, 0.15) is 55.3 Å². The van der Waals surface area contributed by atoms with Crippen LogP contribution in [0.25, 0.3) is 0 Å². The van der Waals surface area contributed by atoms with Gasteiger partial charge in [-0.05, 0) is 37.1 Å². The van der Waals surface area contributed by atoms with Gasteiger partial charge >= 0.3 is 12.1 Å². The van der Waals surface area contributed by atoms with Gasteiger partial charge in [0.15, 0.2) is 29.2 Å². The van der Waals surface area contributed by atoms with E-state index in [-0.39, 0.29) is 77.9 Å². The molecule has 7 rings (SSSR count). The number of carbonyl (C=O) groups excluding carboxylic acids is 3. The largest absolute Gasteiger partial charge is 0.493 e. The Morgan fingerprint density at radius 3 is 2.04 bits per heavy atom. The van der Waals surface area contributed by atoms with Gasteiger partial charge in [-0.3, -0.25) is 19.6 Å². The van der Waals surface area contributed by atoms with E-state index in [0.717, 1.165) is 10.5 Å². The summed E-state index contributed by atoms with van der Waals surface area (Å²) in [4.78, 5) is 65.2. The topological polar surface area (TPSA) is 190 Å². The van der Waals surface area contributed by atoms with Crippen molar-refractivity contribution in [2.75, 3.05) is 39.3 Å². The van der Waals surface area contributed by atoms with Gasteiger partial charge < -0.3 is 43.7 Å². The Hall–Kier alpha value is -6.42. The highest BCUT2D eigenvalue weighted by Gasteiger charge is 2.46. The van der Waals surface area contributed by atoms with Crippen LogP contribution in [0.2, 0.25) is 0 Å². The van der Waals surface area contributed by atoms with Crippen LogP contribution in [0.5, 0.6) is 23.0 Å². The molecule has 4 aliphatic rings. The van der Waals surface area contributed by atoms with Crippen LogP contribution >= 0.6 is 0 Å². The number of esters is 1. The first-order valence-corrected chi connectivity index (χ1v) is 16.9. The first kappa shape index (κ1) is 36.0. The molecule has 16 heteroatoms. The smallest absolute Gasteiger partial charge is 0.414 e. The van der Waals surface area contributed by atoms with Crippen molar-refractivity contribution in [3.63, 3.8) is 0 Å². The lowest BCUT2D eigenvalue weighted by molar-refractivity contribution is 0.0511. The number of nitrogens with zero attached hydrogens (tertiary/aromatic N) is 5. The van der Waals surface area contributed by atoms with Crippen LogP contribution in [0, 0.1) is 0 Å². The third-order valence-electron chi connectivity index (χ3n) is 9.69. The summed E-state index contributed by atoms with van der Waals surface area (Å²) in [5, 5.41) is 21.3. The number of ether oxygens (including phenoxy) is 5. The zero-order chi connectivity index (χ0) is 38.4. The maximum Gasteiger partial charge on any atom is 0.414 e. The number of carboxylic acid groups (broad SMARTS) is 1. The summed E-state index contributed by atoms with van der Waals surface area (Å²) in [7, 11) is 4.06. The summed E-state index contributed by atoms with van der Waals surface area (Å²) in [5.41, 5.74) is 3.06. The van der Waals surface area contributed by atoms with Crippen LogP contribution in [0.15, 0.2) is 65.7 Å². The molecule has 3 atom stereocenters. The number of fused-ring (bicyclic) bond motifs is 4. The molecule has 5 heterocycles. The predicted octanol–water partition coefficient (Wildman–Crippen LogP) is 4.12. The molecule has 2 aromatic carbocycles. The maximum absolute atomic E-state index is 13.6. The van der Waals surface area contributed by atoms with Crippen LogP contribution in [0.3, 0.4) is 0 Å². The number of amides is 3. The third kappa shape index (κ3) is 6.44. The Balaban J connectivity index is 1.16. The average molecular weight is 740 g/mol. The lowest BCUT2D eigenvalue weighted by atomic mass is 10.1. The molecular formula is C38H37N5O11. The Morgan fingerprint density at radius 1 is 0.815 bits per heavy atom. The molecule has 3 amide bonds. The van der Waals surface area contributed by atoms with E-state index in [4.69, 9.17) is 23.7 Å². The van der Waals surface area contributed by atoms with E-state index in [9.17, 15) is 29.4 Å². The van der Waals surface area contributed by atoms with Crippen LogP contribution in [-0.4, -0.2) is 108 Å². The van der Waals surface area contributed by atoms with E-state index in [1.54, 1.807) is 23.2 Å². The second kappa shape index (κ2) is 14.2. The van der Waals surface area contributed by atoms with Gasteiger partial charge in [0, 0.05) is 31.4 Å². The predicted molar refractivity (Wildman–Crippen MR) is 192 cm³/mol. The second-order valence-electron chi connectivity index (χ2n) is 13.2. The highest BCUT2D eigenvalue weighted by molar-refractivity contribution is 6.06. The molecule has 2 N–H and O–H groups in total. The quantitative estimate of drug-likeness (QED) is 0.236. The molecule has 0 radical (unpaired) electrons. The molecule has 4 aliphatic heterocycles. The summed E-state index contributed by atoms with van der Waals surface area (Å²) < 4.78 is 28.3. The lowest BCUT2D eigenvalue weighted by Crippen LogP contribution is -2.50. The SMILES string of the molecule is C=C1C[C@H]2C=Nc3cc(OCc4cc(C(=O)OC)cc(COc5cc6c(cc5OC)C(=O)N5CC(=C)C[C@H]5[C@H](O)N6C(=O)O)n4)c(OC)cc3C(=O)N2C1. The van der Waals surface area contributed by atoms with Crippen molar-refractivity contribution in [1.82, 2.24) is 14.8 Å². The van der Waals surface area contributed by atoms with E-state index in [1.807, 2.05) is 0 Å². The number of benzene rings is 2. The summed E-state index contributed by atoms with van der Waals surface area (Å²) in [6.07, 6.45) is -0.443. The Labute approximate surface area is 309 Å². The summed E-state index contributed by atoms with van der Waals surface area (Å²) in [5.74, 6) is -0.580. The minimum atomic E-state index is -1.57. The maximum atomic E-state index is 13.6. The van der Waals surface area contributed by atoms with Crippen LogP contribution < -0.4 is 23.8 Å². The van der Waals surface area contributed by atoms with Crippen molar-refractivity contribution in [3.8, 4) is 23.0 Å². The van der Waals surface area contributed by atoms with Gasteiger partial charge in [0.2, 0.25) is 0 Å². The second-order valence-corrected chi connectivity index (χ2v) is 13.2. The van der Waals surface area contributed by atoms with Crippen molar-refractivity contribution in [1.29, 1.82) is 0 Å². The Morgan fingerprint density at radius 2 is 1.41 bits per heavy atom. The number of anilines is 1. The molecule has 280 valence electrons. The minimum Gasteiger partial charge on any atom is -0.493 e. The fourth-order valence-corrected chi connectivity index (χ4v) is 7.14. The molecule has 3 aromatic rings. The van der Waals surface area contributed by atoms with Gasteiger partial charge in [-0.1, -0.05) is 24.3 Å². The van der Waals surface area contributed by atoms with E-state index < -0.39 is 30.2 Å². The number of aliphatic hydroxyl groups is 1. The minimum absolute atomic E-state index is 0.00218. The van der Waals surface area contributed by atoms with E-state index in [1.165, 1.54) is 50.5 Å². The zero-order valence-corrected chi connectivity index (χ0v) is 29.7. The fourth-order valence-electron chi connectivity index (χ4n) is 7.14. The molecule has 0 saturated carbocycles. The van der Waals surface area contributed by atoms with Crippen LogP contribution in [-0.2, 0) is 18.0 Å². The van der Waals surface area contributed by atoms with E-state index >= 15 is 0 Å². The zero-order valence-electron chi connectivity index (χ0n) is 29.7. The molecular weight excluding hydrogens is 702 g/mol. The number of rotatable bonds is 9. The lowest BCUT2D eigenvalue weighted by Gasteiger charge is -2.30. The number of aromatic nitrogens is 1. The summed E-state index contributed by atoms with van der Waals surface area (Å²) in [6.45, 7) is 8.17. The number of methoxy groups -OCH3 is 3. The van der Waals surface area contributed by atoms with Crippen molar-refractivity contribution in [3.05, 3.63) is 88.8 Å². The highest BCUT2D eigenvalue weighted by atomic mass is 16.5. The average Bonchev–Trinajstić information content (AvgIpc) is 3.70. The van der Waals surface area contributed by atoms with Gasteiger partial charge in [0.1, 0.15) is 13.2 Å². The van der Waals surface area contributed by atoms with Gasteiger partial charge in [-0.15, -0.1) is 0 Å². The Bertz CT molecular complexity index is 2150. The van der Waals surface area contributed by atoms with E-state index in [2.05, 4.69) is 23.1 Å². The molecule has 2 saturated heterocycles.